The minimum Gasteiger partial charge on any atom is -0.480 e. The van der Waals surface area contributed by atoms with Crippen molar-refractivity contribution in [2.45, 2.75) is 78.3 Å². The molecule has 0 unspecified atom stereocenters. The van der Waals surface area contributed by atoms with E-state index in [1.807, 2.05) is 0 Å². The second-order valence-electron chi connectivity index (χ2n) is 8.11. The first-order valence-electron chi connectivity index (χ1n) is 8.87. The van der Waals surface area contributed by atoms with Crippen molar-refractivity contribution in [3.8, 4) is 0 Å². The molecule has 0 saturated carbocycles. The van der Waals surface area contributed by atoms with Gasteiger partial charge in [-0.1, -0.05) is 39.0 Å². The third kappa shape index (κ3) is 5.35. The first-order chi connectivity index (χ1) is 10.8. The second kappa shape index (κ2) is 7.48. The first-order valence-corrected chi connectivity index (χ1v) is 8.87. The van der Waals surface area contributed by atoms with Crippen LogP contribution in [0.5, 0.6) is 0 Å². The molecule has 0 spiro atoms. The topological polar surface area (TPSA) is 49.3 Å². The van der Waals surface area contributed by atoms with Crippen LogP contribution in [-0.2, 0) is 17.6 Å². The van der Waals surface area contributed by atoms with Gasteiger partial charge in [0.2, 0.25) is 0 Å². The standard InChI is InChI=1S/C20H31NO2/c1-14(21-18(19(22)23)11-12-20(2,3)4)16-10-9-15-7-5-6-8-17(15)13-16/h9-10,13-14,18,21H,5-8,11-12H2,1-4H3,(H,22,23)/t14-,18+/m1/s1. The van der Waals surface area contributed by atoms with Gasteiger partial charge in [-0.25, -0.2) is 0 Å². The fourth-order valence-electron chi connectivity index (χ4n) is 3.28. The minimum absolute atomic E-state index is 0.0586. The van der Waals surface area contributed by atoms with Gasteiger partial charge in [0.05, 0.1) is 0 Å². The SMILES string of the molecule is C[C@@H](N[C@@H](CCC(C)(C)C)C(=O)O)c1ccc2c(c1)CCCC2. The summed E-state index contributed by atoms with van der Waals surface area (Å²) in [5.74, 6) is -0.751. The Morgan fingerprint density at radius 3 is 2.48 bits per heavy atom. The number of carboxylic acids is 1. The van der Waals surface area contributed by atoms with Crippen LogP contribution in [0.15, 0.2) is 18.2 Å². The lowest BCUT2D eigenvalue weighted by Gasteiger charge is -2.25. The summed E-state index contributed by atoms with van der Waals surface area (Å²) < 4.78 is 0. The molecule has 0 heterocycles. The highest BCUT2D eigenvalue weighted by molar-refractivity contribution is 5.73. The number of hydrogen-bond donors (Lipinski definition) is 2. The Bertz CT molecular complexity index is 545. The van der Waals surface area contributed by atoms with Crippen LogP contribution in [0.3, 0.4) is 0 Å². The van der Waals surface area contributed by atoms with E-state index in [9.17, 15) is 9.90 Å². The number of nitrogens with one attached hydrogen (secondary N) is 1. The number of carboxylic acid groups (broad SMARTS) is 1. The number of rotatable bonds is 6. The number of aryl methyl sites for hydroxylation is 2. The van der Waals surface area contributed by atoms with Gasteiger partial charge in [0.25, 0.3) is 0 Å². The monoisotopic (exact) mass is 317 g/mol. The number of aliphatic carboxylic acids is 1. The van der Waals surface area contributed by atoms with Crippen molar-refractivity contribution in [3.63, 3.8) is 0 Å². The molecule has 23 heavy (non-hydrogen) atoms. The van der Waals surface area contributed by atoms with Crippen molar-refractivity contribution >= 4 is 5.97 Å². The molecule has 0 amide bonds. The third-order valence-electron chi connectivity index (χ3n) is 4.80. The highest BCUT2D eigenvalue weighted by Crippen LogP contribution is 2.26. The molecule has 0 radical (unpaired) electrons. The van der Waals surface area contributed by atoms with Crippen LogP contribution in [0.4, 0.5) is 0 Å². The molecule has 1 aliphatic rings. The lowest BCUT2D eigenvalue weighted by molar-refractivity contribution is -0.140. The van der Waals surface area contributed by atoms with Crippen molar-refractivity contribution in [1.29, 1.82) is 0 Å². The number of hydrogen-bond acceptors (Lipinski definition) is 2. The lowest BCUT2D eigenvalue weighted by atomic mass is 9.88. The summed E-state index contributed by atoms with van der Waals surface area (Å²) in [6.45, 7) is 8.52. The summed E-state index contributed by atoms with van der Waals surface area (Å²) in [4.78, 5) is 11.6. The van der Waals surface area contributed by atoms with Crippen molar-refractivity contribution < 1.29 is 9.90 Å². The Morgan fingerprint density at radius 2 is 1.87 bits per heavy atom. The first kappa shape index (κ1) is 18.0. The smallest absolute Gasteiger partial charge is 0.320 e. The quantitative estimate of drug-likeness (QED) is 0.812. The van der Waals surface area contributed by atoms with Crippen LogP contribution in [0.2, 0.25) is 0 Å². The van der Waals surface area contributed by atoms with Crippen LogP contribution >= 0.6 is 0 Å². The van der Waals surface area contributed by atoms with Crippen LogP contribution in [0, 0.1) is 5.41 Å². The number of fused-ring (bicyclic) bond motifs is 1. The van der Waals surface area contributed by atoms with E-state index in [-0.39, 0.29) is 11.5 Å². The van der Waals surface area contributed by atoms with E-state index in [2.05, 4.69) is 51.2 Å². The van der Waals surface area contributed by atoms with E-state index >= 15 is 0 Å². The van der Waals surface area contributed by atoms with Gasteiger partial charge < -0.3 is 5.11 Å². The average molecular weight is 317 g/mol. The van der Waals surface area contributed by atoms with Gasteiger partial charge >= 0.3 is 5.97 Å². The highest BCUT2D eigenvalue weighted by Gasteiger charge is 2.23. The van der Waals surface area contributed by atoms with Crippen molar-refractivity contribution in [1.82, 2.24) is 5.32 Å². The largest absolute Gasteiger partial charge is 0.480 e. The summed E-state index contributed by atoms with van der Waals surface area (Å²) in [6, 6.07) is 6.23. The summed E-state index contributed by atoms with van der Waals surface area (Å²) in [6.07, 6.45) is 6.45. The van der Waals surface area contributed by atoms with E-state index in [1.54, 1.807) is 0 Å². The summed E-state index contributed by atoms with van der Waals surface area (Å²) in [7, 11) is 0. The maximum atomic E-state index is 11.6. The van der Waals surface area contributed by atoms with E-state index in [4.69, 9.17) is 0 Å². The summed E-state index contributed by atoms with van der Waals surface area (Å²) in [5, 5.41) is 12.8. The van der Waals surface area contributed by atoms with Gasteiger partial charge in [-0.15, -0.1) is 0 Å². The Hall–Kier alpha value is -1.35. The third-order valence-corrected chi connectivity index (χ3v) is 4.80. The van der Waals surface area contributed by atoms with Crippen LogP contribution in [-0.4, -0.2) is 17.1 Å². The van der Waals surface area contributed by atoms with Crippen LogP contribution in [0.1, 0.15) is 76.1 Å². The normalized spacial score (nSPS) is 17.4. The van der Waals surface area contributed by atoms with Gasteiger partial charge in [0.1, 0.15) is 6.04 Å². The van der Waals surface area contributed by atoms with Gasteiger partial charge in [-0.2, -0.15) is 0 Å². The molecule has 3 nitrogen and oxygen atoms in total. The van der Waals surface area contributed by atoms with E-state index in [1.165, 1.54) is 36.0 Å². The summed E-state index contributed by atoms with van der Waals surface area (Å²) in [5.41, 5.74) is 4.27. The molecule has 2 atom stereocenters. The number of benzene rings is 1. The van der Waals surface area contributed by atoms with Crippen LogP contribution < -0.4 is 5.32 Å². The minimum atomic E-state index is -0.751. The molecule has 1 aromatic rings. The zero-order valence-corrected chi connectivity index (χ0v) is 15.0. The second-order valence-corrected chi connectivity index (χ2v) is 8.11. The Kier molecular flexibility index (Phi) is 5.85. The number of carbonyl (C=O) groups is 1. The van der Waals surface area contributed by atoms with E-state index in [0.29, 0.717) is 6.42 Å². The van der Waals surface area contributed by atoms with Crippen molar-refractivity contribution in [2.75, 3.05) is 0 Å². The van der Waals surface area contributed by atoms with Gasteiger partial charge in [0.15, 0.2) is 0 Å². The van der Waals surface area contributed by atoms with Gasteiger partial charge in [0, 0.05) is 6.04 Å². The lowest BCUT2D eigenvalue weighted by Crippen LogP contribution is -2.39. The van der Waals surface area contributed by atoms with Crippen LogP contribution in [0.25, 0.3) is 0 Å². The predicted molar refractivity (Wildman–Crippen MR) is 94.7 cm³/mol. The molecule has 1 aromatic carbocycles. The fourth-order valence-corrected chi connectivity index (χ4v) is 3.28. The average Bonchev–Trinajstić information content (AvgIpc) is 2.49. The molecule has 0 bridgehead atoms. The Labute approximate surface area is 140 Å². The molecule has 0 aromatic heterocycles. The molecular weight excluding hydrogens is 286 g/mol. The zero-order valence-electron chi connectivity index (χ0n) is 15.0. The van der Waals surface area contributed by atoms with E-state index in [0.717, 1.165) is 12.8 Å². The molecule has 0 saturated heterocycles. The molecule has 1 aliphatic carbocycles. The molecule has 0 aliphatic heterocycles. The molecule has 3 heteroatoms. The fraction of sp³-hybridized carbons (Fsp3) is 0.650. The molecule has 128 valence electrons. The van der Waals surface area contributed by atoms with Gasteiger partial charge in [-0.05, 0) is 67.6 Å². The summed E-state index contributed by atoms with van der Waals surface area (Å²) >= 11 is 0. The maximum Gasteiger partial charge on any atom is 0.320 e. The molecular formula is C20H31NO2. The Morgan fingerprint density at radius 1 is 1.22 bits per heavy atom. The van der Waals surface area contributed by atoms with Crippen molar-refractivity contribution in [2.24, 2.45) is 5.41 Å². The predicted octanol–water partition coefficient (Wildman–Crippen LogP) is 4.50. The Balaban J connectivity index is 2.03. The molecule has 0 fully saturated rings. The molecule has 2 N–H and O–H groups in total. The maximum absolute atomic E-state index is 11.6. The highest BCUT2D eigenvalue weighted by atomic mass is 16.4. The molecule has 2 rings (SSSR count). The zero-order chi connectivity index (χ0) is 17.0. The van der Waals surface area contributed by atoms with E-state index < -0.39 is 12.0 Å². The van der Waals surface area contributed by atoms with Gasteiger partial charge in [-0.3, -0.25) is 10.1 Å². The van der Waals surface area contributed by atoms with Crippen molar-refractivity contribution in [3.05, 3.63) is 34.9 Å².